The highest BCUT2D eigenvalue weighted by atomic mass is 35.5. The Morgan fingerprint density at radius 3 is 2.70 bits per heavy atom. The highest BCUT2D eigenvalue weighted by molar-refractivity contribution is 6.29. The Bertz CT molecular complexity index is 414. The molecule has 2 fully saturated rings. The molecule has 1 saturated heterocycles. The molecule has 0 aromatic carbocycles. The van der Waals surface area contributed by atoms with E-state index in [4.69, 9.17) is 11.6 Å². The van der Waals surface area contributed by atoms with Crippen molar-refractivity contribution < 1.29 is 0 Å². The van der Waals surface area contributed by atoms with Crippen LogP contribution in [-0.2, 0) is 0 Å². The van der Waals surface area contributed by atoms with Gasteiger partial charge in [-0.15, -0.1) is 0 Å². The zero-order chi connectivity index (χ0) is 13.8. The Hall–Kier alpha value is -0.800. The van der Waals surface area contributed by atoms with E-state index < -0.39 is 0 Å². The largest absolute Gasteiger partial charge is 0.381 e. The van der Waals surface area contributed by atoms with Gasteiger partial charge in [-0.2, -0.15) is 0 Å². The molecule has 1 aliphatic heterocycles. The Balaban J connectivity index is 1.66. The van der Waals surface area contributed by atoms with Crippen molar-refractivity contribution in [1.29, 1.82) is 0 Å². The molecule has 1 aromatic heterocycles. The smallest absolute Gasteiger partial charge is 0.129 e. The first-order chi connectivity index (χ1) is 9.83. The zero-order valence-electron chi connectivity index (χ0n) is 11.9. The summed E-state index contributed by atoms with van der Waals surface area (Å²) in [5, 5.41) is 7.99. The number of halogens is 1. The monoisotopic (exact) mass is 293 g/mol. The van der Waals surface area contributed by atoms with Crippen molar-refractivity contribution in [2.45, 2.75) is 57.0 Å². The van der Waals surface area contributed by atoms with E-state index in [1.54, 1.807) is 0 Å². The molecule has 2 N–H and O–H groups in total. The molecule has 3 unspecified atom stereocenters. The molecule has 2 heterocycles. The van der Waals surface area contributed by atoms with E-state index >= 15 is 0 Å². The summed E-state index contributed by atoms with van der Waals surface area (Å²) in [4.78, 5) is 4.17. The van der Waals surface area contributed by atoms with Gasteiger partial charge in [0.2, 0.25) is 0 Å². The van der Waals surface area contributed by atoms with E-state index in [2.05, 4.69) is 15.6 Å². The van der Waals surface area contributed by atoms with Crippen molar-refractivity contribution in [3.63, 3.8) is 0 Å². The maximum Gasteiger partial charge on any atom is 0.129 e. The molecule has 0 radical (unpaired) electrons. The standard InChI is InChI=1S/C16H24ClN3/c17-16-9-8-12(11-19-16)20-15-7-2-1-5-13(15)14-6-3-4-10-18-14/h8-9,11,13-15,18,20H,1-7,10H2. The summed E-state index contributed by atoms with van der Waals surface area (Å²) in [6.07, 6.45) is 11.2. The molecule has 0 amide bonds. The summed E-state index contributed by atoms with van der Waals surface area (Å²) in [5.41, 5.74) is 1.10. The van der Waals surface area contributed by atoms with Crippen molar-refractivity contribution in [1.82, 2.24) is 10.3 Å². The molecular weight excluding hydrogens is 270 g/mol. The fraction of sp³-hybridized carbons (Fsp3) is 0.688. The number of hydrogen-bond acceptors (Lipinski definition) is 3. The van der Waals surface area contributed by atoms with Crippen LogP contribution in [0.25, 0.3) is 0 Å². The van der Waals surface area contributed by atoms with E-state index in [1.807, 2.05) is 18.3 Å². The SMILES string of the molecule is Clc1ccc(NC2CCCCC2C2CCCCN2)cn1. The summed E-state index contributed by atoms with van der Waals surface area (Å²) < 4.78 is 0. The Morgan fingerprint density at radius 1 is 1.10 bits per heavy atom. The van der Waals surface area contributed by atoms with Crippen molar-refractivity contribution in [2.75, 3.05) is 11.9 Å². The van der Waals surface area contributed by atoms with Crippen LogP contribution in [0.15, 0.2) is 18.3 Å². The van der Waals surface area contributed by atoms with Crippen LogP contribution in [0.4, 0.5) is 5.69 Å². The first-order valence-electron chi connectivity index (χ1n) is 7.94. The molecule has 3 rings (SSSR count). The van der Waals surface area contributed by atoms with Gasteiger partial charge in [-0.1, -0.05) is 30.9 Å². The maximum atomic E-state index is 5.86. The number of rotatable bonds is 3. The molecule has 0 spiro atoms. The first kappa shape index (κ1) is 14.2. The van der Waals surface area contributed by atoms with Gasteiger partial charge in [0.25, 0.3) is 0 Å². The third-order valence-electron chi connectivity index (χ3n) is 4.76. The number of hydrogen-bond donors (Lipinski definition) is 2. The van der Waals surface area contributed by atoms with Crippen molar-refractivity contribution in [3.05, 3.63) is 23.5 Å². The van der Waals surface area contributed by atoms with E-state index in [0.29, 0.717) is 17.2 Å². The van der Waals surface area contributed by atoms with Crippen LogP contribution in [0.1, 0.15) is 44.9 Å². The van der Waals surface area contributed by atoms with Gasteiger partial charge in [0, 0.05) is 12.1 Å². The van der Waals surface area contributed by atoms with Crippen LogP contribution in [0.5, 0.6) is 0 Å². The van der Waals surface area contributed by atoms with E-state index in [0.717, 1.165) is 11.6 Å². The number of aromatic nitrogens is 1. The van der Waals surface area contributed by atoms with Gasteiger partial charge in [-0.25, -0.2) is 4.98 Å². The Kier molecular flexibility index (Phi) is 4.79. The fourth-order valence-electron chi connectivity index (χ4n) is 3.74. The summed E-state index contributed by atoms with van der Waals surface area (Å²) in [5.74, 6) is 0.750. The molecule has 1 aromatic rings. The quantitative estimate of drug-likeness (QED) is 0.831. The number of piperidine rings is 1. The highest BCUT2D eigenvalue weighted by Gasteiger charge is 2.32. The number of nitrogens with zero attached hydrogens (tertiary/aromatic N) is 1. The van der Waals surface area contributed by atoms with Crippen LogP contribution in [0.2, 0.25) is 5.15 Å². The highest BCUT2D eigenvalue weighted by Crippen LogP contribution is 2.32. The second-order valence-corrected chi connectivity index (χ2v) is 6.51. The van der Waals surface area contributed by atoms with Gasteiger partial charge in [-0.05, 0) is 50.3 Å². The van der Waals surface area contributed by atoms with Gasteiger partial charge >= 0.3 is 0 Å². The lowest BCUT2D eigenvalue weighted by molar-refractivity contribution is 0.217. The van der Waals surface area contributed by atoms with Crippen LogP contribution < -0.4 is 10.6 Å². The lowest BCUT2D eigenvalue weighted by Gasteiger charge is -2.40. The Labute approximate surface area is 126 Å². The molecule has 1 aliphatic carbocycles. The average Bonchev–Trinajstić information content (AvgIpc) is 2.51. The summed E-state index contributed by atoms with van der Waals surface area (Å²) in [6, 6.07) is 5.17. The maximum absolute atomic E-state index is 5.86. The van der Waals surface area contributed by atoms with Crippen molar-refractivity contribution >= 4 is 17.3 Å². The van der Waals surface area contributed by atoms with Gasteiger partial charge in [-0.3, -0.25) is 0 Å². The molecule has 4 heteroatoms. The number of pyridine rings is 1. The minimum Gasteiger partial charge on any atom is -0.381 e. The lowest BCUT2D eigenvalue weighted by Crippen LogP contribution is -2.48. The molecule has 3 atom stereocenters. The van der Waals surface area contributed by atoms with Crippen molar-refractivity contribution in [2.24, 2.45) is 5.92 Å². The third-order valence-corrected chi connectivity index (χ3v) is 4.99. The van der Waals surface area contributed by atoms with Crippen LogP contribution in [0.3, 0.4) is 0 Å². The summed E-state index contributed by atoms with van der Waals surface area (Å²) in [6.45, 7) is 1.19. The molecule has 0 bridgehead atoms. The van der Waals surface area contributed by atoms with E-state index in [1.165, 1.54) is 51.5 Å². The fourth-order valence-corrected chi connectivity index (χ4v) is 3.85. The van der Waals surface area contributed by atoms with Crippen LogP contribution >= 0.6 is 11.6 Å². The van der Waals surface area contributed by atoms with E-state index in [-0.39, 0.29) is 0 Å². The predicted octanol–water partition coefficient (Wildman–Crippen LogP) is 3.85. The van der Waals surface area contributed by atoms with Crippen LogP contribution in [-0.4, -0.2) is 23.6 Å². The normalized spacial score (nSPS) is 30.9. The van der Waals surface area contributed by atoms with E-state index in [9.17, 15) is 0 Å². The second kappa shape index (κ2) is 6.77. The molecule has 20 heavy (non-hydrogen) atoms. The summed E-state index contributed by atoms with van der Waals surface area (Å²) >= 11 is 5.86. The molecular formula is C16H24ClN3. The first-order valence-corrected chi connectivity index (χ1v) is 8.32. The molecule has 2 aliphatic rings. The molecule has 1 saturated carbocycles. The van der Waals surface area contributed by atoms with Crippen molar-refractivity contribution in [3.8, 4) is 0 Å². The average molecular weight is 294 g/mol. The van der Waals surface area contributed by atoms with Gasteiger partial charge in [0.05, 0.1) is 11.9 Å². The lowest BCUT2D eigenvalue weighted by atomic mass is 9.77. The minimum atomic E-state index is 0.560. The Morgan fingerprint density at radius 2 is 1.95 bits per heavy atom. The minimum absolute atomic E-state index is 0.560. The predicted molar refractivity (Wildman–Crippen MR) is 84.3 cm³/mol. The molecule has 110 valence electrons. The van der Waals surface area contributed by atoms with Gasteiger partial charge in [0.15, 0.2) is 0 Å². The molecule has 3 nitrogen and oxygen atoms in total. The summed E-state index contributed by atoms with van der Waals surface area (Å²) in [7, 11) is 0. The third kappa shape index (κ3) is 3.44. The van der Waals surface area contributed by atoms with Crippen LogP contribution in [0, 0.1) is 5.92 Å². The van der Waals surface area contributed by atoms with Gasteiger partial charge in [0.1, 0.15) is 5.15 Å². The zero-order valence-corrected chi connectivity index (χ0v) is 12.7. The number of nitrogens with one attached hydrogen (secondary N) is 2. The number of anilines is 1. The topological polar surface area (TPSA) is 37.0 Å². The van der Waals surface area contributed by atoms with Gasteiger partial charge < -0.3 is 10.6 Å². The second-order valence-electron chi connectivity index (χ2n) is 6.13.